The summed E-state index contributed by atoms with van der Waals surface area (Å²) < 4.78 is 2.09. The molecule has 0 radical (unpaired) electrons. The van der Waals surface area contributed by atoms with E-state index < -0.39 is 0 Å². The minimum absolute atomic E-state index is 0.368. The first-order valence-corrected chi connectivity index (χ1v) is 6.68. The average molecular weight is 237 g/mol. The molecule has 0 fully saturated rings. The maximum Gasteiger partial charge on any atom is 0.0644 e. The van der Waals surface area contributed by atoms with Gasteiger partial charge in [-0.25, -0.2) is 0 Å². The van der Waals surface area contributed by atoms with Gasteiger partial charge < -0.3 is 5.32 Å². The molecule has 3 heteroatoms. The van der Waals surface area contributed by atoms with Crippen molar-refractivity contribution in [2.24, 2.45) is 5.92 Å². The van der Waals surface area contributed by atoms with Crippen LogP contribution in [0.3, 0.4) is 0 Å². The molecule has 0 saturated carbocycles. The van der Waals surface area contributed by atoms with E-state index in [-0.39, 0.29) is 0 Å². The van der Waals surface area contributed by atoms with Crippen molar-refractivity contribution in [3.8, 4) is 0 Å². The fourth-order valence-electron chi connectivity index (χ4n) is 2.32. The van der Waals surface area contributed by atoms with Crippen molar-refractivity contribution in [3.63, 3.8) is 0 Å². The van der Waals surface area contributed by atoms with Gasteiger partial charge in [-0.2, -0.15) is 5.10 Å². The third kappa shape index (κ3) is 3.09. The SMILES string of the molecule is CCn1nc(C)c(C(C)NC(C)C(C)C)c1C. The molecule has 2 unspecified atom stereocenters. The van der Waals surface area contributed by atoms with Crippen LogP contribution < -0.4 is 5.32 Å². The molecule has 0 aromatic carbocycles. The summed E-state index contributed by atoms with van der Waals surface area (Å²) in [7, 11) is 0. The lowest BCUT2D eigenvalue weighted by molar-refractivity contribution is 0.387. The number of rotatable bonds is 5. The van der Waals surface area contributed by atoms with E-state index in [9.17, 15) is 0 Å². The van der Waals surface area contributed by atoms with Crippen molar-refractivity contribution in [3.05, 3.63) is 17.0 Å². The number of hydrogen-bond acceptors (Lipinski definition) is 2. The van der Waals surface area contributed by atoms with Crippen LogP contribution in [-0.4, -0.2) is 15.8 Å². The van der Waals surface area contributed by atoms with Gasteiger partial charge in [-0.3, -0.25) is 4.68 Å². The minimum atomic E-state index is 0.368. The third-order valence-electron chi connectivity index (χ3n) is 3.68. The predicted octanol–water partition coefficient (Wildman–Crippen LogP) is 3.21. The molecule has 1 heterocycles. The van der Waals surface area contributed by atoms with Gasteiger partial charge in [-0.1, -0.05) is 13.8 Å². The molecule has 0 aliphatic heterocycles. The highest BCUT2D eigenvalue weighted by Crippen LogP contribution is 2.22. The quantitative estimate of drug-likeness (QED) is 0.852. The van der Waals surface area contributed by atoms with Gasteiger partial charge in [0.1, 0.15) is 0 Å². The predicted molar refractivity (Wildman–Crippen MR) is 73.2 cm³/mol. The van der Waals surface area contributed by atoms with E-state index in [0.29, 0.717) is 18.0 Å². The maximum atomic E-state index is 4.58. The topological polar surface area (TPSA) is 29.9 Å². The lowest BCUT2D eigenvalue weighted by Crippen LogP contribution is -2.33. The zero-order chi connectivity index (χ0) is 13.2. The molecular weight excluding hydrogens is 210 g/mol. The van der Waals surface area contributed by atoms with E-state index in [1.54, 1.807) is 0 Å². The summed E-state index contributed by atoms with van der Waals surface area (Å²) in [5, 5.41) is 8.24. The van der Waals surface area contributed by atoms with Gasteiger partial charge in [0.25, 0.3) is 0 Å². The second kappa shape index (κ2) is 5.67. The van der Waals surface area contributed by atoms with Crippen LogP contribution in [0.4, 0.5) is 0 Å². The molecule has 2 atom stereocenters. The monoisotopic (exact) mass is 237 g/mol. The molecule has 1 aromatic heterocycles. The van der Waals surface area contributed by atoms with Gasteiger partial charge in [-0.05, 0) is 40.5 Å². The zero-order valence-corrected chi connectivity index (χ0v) is 12.3. The van der Waals surface area contributed by atoms with Crippen LogP contribution in [0.5, 0.6) is 0 Å². The molecule has 0 bridgehead atoms. The largest absolute Gasteiger partial charge is 0.307 e. The standard InChI is InChI=1S/C14H27N3/c1-8-17-13(7)14(12(6)16-17)11(5)15-10(4)9(2)3/h9-11,15H,8H2,1-7H3. The number of nitrogens with one attached hydrogen (secondary N) is 1. The van der Waals surface area contributed by atoms with E-state index in [1.165, 1.54) is 11.3 Å². The first-order valence-electron chi connectivity index (χ1n) is 6.68. The number of aromatic nitrogens is 2. The normalized spacial score (nSPS) is 15.3. The molecule has 17 heavy (non-hydrogen) atoms. The van der Waals surface area contributed by atoms with Crippen molar-refractivity contribution in [1.82, 2.24) is 15.1 Å². The van der Waals surface area contributed by atoms with Gasteiger partial charge in [0.05, 0.1) is 5.69 Å². The van der Waals surface area contributed by atoms with Crippen molar-refractivity contribution >= 4 is 0 Å². The lowest BCUT2D eigenvalue weighted by Gasteiger charge is -2.23. The van der Waals surface area contributed by atoms with Crippen LogP contribution in [0.1, 0.15) is 57.6 Å². The highest BCUT2D eigenvalue weighted by atomic mass is 15.3. The van der Waals surface area contributed by atoms with Crippen LogP contribution in [0.2, 0.25) is 0 Å². The Labute approximate surface area is 106 Å². The Kier molecular flexibility index (Phi) is 4.75. The lowest BCUT2D eigenvalue weighted by atomic mass is 10.0. The summed E-state index contributed by atoms with van der Waals surface area (Å²) in [5.41, 5.74) is 3.81. The average Bonchev–Trinajstić information content (AvgIpc) is 2.53. The Balaban J connectivity index is 2.88. The number of hydrogen-bond donors (Lipinski definition) is 1. The first-order chi connectivity index (χ1) is 7.88. The van der Waals surface area contributed by atoms with Crippen LogP contribution in [-0.2, 0) is 6.54 Å². The summed E-state index contributed by atoms with van der Waals surface area (Å²) in [4.78, 5) is 0. The molecule has 98 valence electrons. The second-order valence-corrected chi connectivity index (χ2v) is 5.32. The van der Waals surface area contributed by atoms with E-state index >= 15 is 0 Å². The Morgan fingerprint density at radius 1 is 1.18 bits per heavy atom. The van der Waals surface area contributed by atoms with Crippen LogP contribution in [0.15, 0.2) is 0 Å². The van der Waals surface area contributed by atoms with Gasteiger partial charge in [0.15, 0.2) is 0 Å². The van der Waals surface area contributed by atoms with Crippen LogP contribution >= 0.6 is 0 Å². The van der Waals surface area contributed by atoms with Crippen molar-refractivity contribution in [1.29, 1.82) is 0 Å². The fourth-order valence-corrected chi connectivity index (χ4v) is 2.32. The molecule has 0 aliphatic carbocycles. The van der Waals surface area contributed by atoms with Crippen LogP contribution in [0, 0.1) is 19.8 Å². The first kappa shape index (κ1) is 14.2. The Hall–Kier alpha value is -0.830. The molecule has 0 amide bonds. The van der Waals surface area contributed by atoms with E-state index in [0.717, 1.165) is 12.2 Å². The van der Waals surface area contributed by atoms with Gasteiger partial charge >= 0.3 is 0 Å². The smallest absolute Gasteiger partial charge is 0.0644 e. The van der Waals surface area contributed by atoms with Crippen molar-refractivity contribution in [2.75, 3.05) is 0 Å². The zero-order valence-electron chi connectivity index (χ0n) is 12.3. The Morgan fingerprint density at radius 2 is 1.76 bits per heavy atom. The van der Waals surface area contributed by atoms with Crippen LogP contribution in [0.25, 0.3) is 0 Å². The summed E-state index contributed by atoms with van der Waals surface area (Å²) >= 11 is 0. The molecule has 0 spiro atoms. The molecule has 1 N–H and O–H groups in total. The minimum Gasteiger partial charge on any atom is -0.307 e. The number of aryl methyl sites for hydroxylation is 2. The summed E-state index contributed by atoms with van der Waals surface area (Å²) in [6, 6.07) is 0.890. The van der Waals surface area contributed by atoms with Gasteiger partial charge in [0.2, 0.25) is 0 Å². The summed E-state index contributed by atoms with van der Waals surface area (Å²) in [6.45, 7) is 16.3. The Morgan fingerprint density at radius 3 is 2.18 bits per heavy atom. The molecule has 1 aromatic rings. The van der Waals surface area contributed by atoms with E-state index in [2.05, 4.69) is 63.6 Å². The number of nitrogens with zero attached hydrogens (tertiary/aromatic N) is 2. The maximum absolute atomic E-state index is 4.58. The molecule has 1 rings (SSSR count). The molecule has 3 nitrogen and oxygen atoms in total. The van der Waals surface area contributed by atoms with Gasteiger partial charge in [0, 0.05) is 29.9 Å². The third-order valence-corrected chi connectivity index (χ3v) is 3.68. The van der Waals surface area contributed by atoms with E-state index in [1.807, 2.05) is 0 Å². The second-order valence-electron chi connectivity index (χ2n) is 5.32. The highest BCUT2D eigenvalue weighted by molar-refractivity contribution is 5.27. The van der Waals surface area contributed by atoms with Crippen molar-refractivity contribution < 1.29 is 0 Å². The highest BCUT2D eigenvalue weighted by Gasteiger charge is 2.19. The van der Waals surface area contributed by atoms with Gasteiger partial charge in [-0.15, -0.1) is 0 Å². The fraction of sp³-hybridized carbons (Fsp3) is 0.786. The molecular formula is C14H27N3. The molecule has 0 saturated heterocycles. The Bertz CT molecular complexity index is 366. The molecule has 0 aliphatic rings. The van der Waals surface area contributed by atoms with E-state index in [4.69, 9.17) is 0 Å². The van der Waals surface area contributed by atoms with Crippen molar-refractivity contribution in [2.45, 2.75) is 67.1 Å². The summed E-state index contributed by atoms with van der Waals surface area (Å²) in [6.07, 6.45) is 0. The summed E-state index contributed by atoms with van der Waals surface area (Å²) in [5.74, 6) is 0.652.